The average molecular weight is 293 g/mol. The highest BCUT2D eigenvalue weighted by atomic mass is 32.1. The molecule has 0 aliphatic heterocycles. The summed E-state index contributed by atoms with van der Waals surface area (Å²) in [6.45, 7) is 2.94. The number of nitrogens with one attached hydrogen (secondary N) is 1. The SMILES string of the molecule is CN(C)CCN(C)c1nc2sccn2c1CNC1CC1. The lowest BCUT2D eigenvalue weighted by molar-refractivity contribution is 0.416. The predicted octanol–water partition coefficient (Wildman–Crippen LogP) is 1.65. The molecule has 1 aliphatic rings. The van der Waals surface area contributed by atoms with Gasteiger partial charge < -0.3 is 15.1 Å². The Bertz CT molecular complexity index is 569. The first-order valence-electron chi connectivity index (χ1n) is 7.19. The molecule has 0 radical (unpaired) electrons. The van der Waals surface area contributed by atoms with E-state index in [1.165, 1.54) is 18.5 Å². The zero-order chi connectivity index (χ0) is 14.1. The van der Waals surface area contributed by atoms with E-state index in [0.29, 0.717) is 0 Å². The number of hydrogen-bond acceptors (Lipinski definition) is 5. The zero-order valence-corrected chi connectivity index (χ0v) is 13.3. The van der Waals surface area contributed by atoms with Gasteiger partial charge in [-0.15, -0.1) is 11.3 Å². The van der Waals surface area contributed by atoms with Crippen molar-refractivity contribution >= 4 is 22.1 Å². The second-order valence-corrected chi connectivity index (χ2v) is 6.69. The molecule has 0 amide bonds. The summed E-state index contributed by atoms with van der Waals surface area (Å²) < 4.78 is 2.22. The number of anilines is 1. The second-order valence-electron chi connectivity index (χ2n) is 5.82. The van der Waals surface area contributed by atoms with Gasteiger partial charge in [0.05, 0.1) is 5.69 Å². The Morgan fingerprint density at radius 1 is 1.35 bits per heavy atom. The van der Waals surface area contributed by atoms with Crippen LogP contribution in [-0.4, -0.2) is 54.6 Å². The van der Waals surface area contributed by atoms with Crippen LogP contribution in [0.4, 0.5) is 5.82 Å². The quantitative estimate of drug-likeness (QED) is 0.842. The fourth-order valence-corrected chi connectivity index (χ4v) is 3.00. The van der Waals surface area contributed by atoms with Gasteiger partial charge in [-0.05, 0) is 26.9 Å². The van der Waals surface area contributed by atoms with E-state index in [-0.39, 0.29) is 0 Å². The Morgan fingerprint density at radius 3 is 2.85 bits per heavy atom. The summed E-state index contributed by atoms with van der Waals surface area (Å²) in [5.41, 5.74) is 1.29. The van der Waals surface area contributed by atoms with E-state index in [0.717, 1.165) is 36.5 Å². The van der Waals surface area contributed by atoms with Crippen LogP contribution in [-0.2, 0) is 6.54 Å². The van der Waals surface area contributed by atoms with Gasteiger partial charge in [0.2, 0.25) is 0 Å². The molecule has 0 bridgehead atoms. The van der Waals surface area contributed by atoms with Crippen LogP contribution in [0.25, 0.3) is 4.96 Å². The summed E-state index contributed by atoms with van der Waals surface area (Å²) in [6, 6.07) is 0.721. The maximum absolute atomic E-state index is 4.80. The number of aromatic nitrogens is 2. The molecule has 2 heterocycles. The Labute approximate surface area is 124 Å². The molecule has 1 fully saturated rings. The molecule has 1 aliphatic carbocycles. The standard InChI is InChI=1S/C14H23N5S/c1-17(2)6-7-18(3)13-12(10-15-11-4-5-11)19-8-9-20-14(19)16-13/h8-9,11,15H,4-7,10H2,1-3H3. The van der Waals surface area contributed by atoms with Crippen LogP contribution in [0, 0.1) is 0 Å². The minimum Gasteiger partial charge on any atom is -0.357 e. The number of thiazole rings is 1. The van der Waals surface area contributed by atoms with E-state index in [1.54, 1.807) is 11.3 Å². The first kappa shape index (κ1) is 13.9. The zero-order valence-electron chi connectivity index (χ0n) is 12.5. The fourth-order valence-electron chi connectivity index (χ4n) is 2.28. The van der Waals surface area contributed by atoms with Crippen LogP contribution >= 0.6 is 11.3 Å². The summed E-state index contributed by atoms with van der Waals surface area (Å²) in [4.78, 5) is 10.4. The molecule has 2 aromatic heterocycles. The van der Waals surface area contributed by atoms with E-state index >= 15 is 0 Å². The highest BCUT2D eigenvalue weighted by Gasteiger charge is 2.23. The second kappa shape index (κ2) is 5.71. The third-order valence-electron chi connectivity index (χ3n) is 3.72. The highest BCUT2D eigenvalue weighted by molar-refractivity contribution is 7.15. The third kappa shape index (κ3) is 2.97. The normalized spacial score (nSPS) is 15.4. The molecule has 0 saturated heterocycles. The van der Waals surface area contributed by atoms with Crippen molar-refractivity contribution in [3.63, 3.8) is 0 Å². The lowest BCUT2D eigenvalue weighted by Crippen LogP contribution is -2.30. The van der Waals surface area contributed by atoms with E-state index in [9.17, 15) is 0 Å². The van der Waals surface area contributed by atoms with Crippen LogP contribution in [0.2, 0.25) is 0 Å². The molecule has 1 N–H and O–H groups in total. The maximum atomic E-state index is 4.80. The van der Waals surface area contributed by atoms with Gasteiger partial charge in [-0.25, -0.2) is 4.98 Å². The molecule has 20 heavy (non-hydrogen) atoms. The molecule has 1 saturated carbocycles. The van der Waals surface area contributed by atoms with Crippen LogP contribution < -0.4 is 10.2 Å². The van der Waals surface area contributed by atoms with Crippen LogP contribution in [0.1, 0.15) is 18.5 Å². The van der Waals surface area contributed by atoms with Gasteiger partial charge in [0, 0.05) is 44.3 Å². The van der Waals surface area contributed by atoms with Crippen molar-refractivity contribution in [3.05, 3.63) is 17.3 Å². The summed E-state index contributed by atoms with van der Waals surface area (Å²) in [5.74, 6) is 1.12. The van der Waals surface area contributed by atoms with E-state index in [2.05, 4.69) is 52.2 Å². The van der Waals surface area contributed by atoms with Crippen molar-refractivity contribution in [3.8, 4) is 0 Å². The number of likely N-dealkylation sites (N-methyl/N-ethyl adjacent to an activating group) is 2. The molecule has 0 spiro atoms. The summed E-state index contributed by atoms with van der Waals surface area (Å²) >= 11 is 1.70. The molecule has 110 valence electrons. The molecule has 0 unspecified atom stereocenters. The van der Waals surface area contributed by atoms with Gasteiger partial charge in [0.25, 0.3) is 0 Å². The lowest BCUT2D eigenvalue weighted by Gasteiger charge is -2.20. The van der Waals surface area contributed by atoms with Crippen molar-refractivity contribution in [2.45, 2.75) is 25.4 Å². The largest absolute Gasteiger partial charge is 0.357 e. The lowest BCUT2D eigenvalue weighted by atomic mass is 10.3. The predicted molar refractivity (Wildman–Crippen MR) is 84.8 cm³/mol. The molecule has 0 atom stereocenters. The van der Waals surface area contributed by atoms with E-state index < -0.39 is 0 Å². The molecule has 6 heteroatoms. The topological polar surface area (TPSA) is 35.8 Å². The van der Waals surface area contributed by atoms with Crippen LogP contribution in [0.15, 0.2) is 11.6 Å². The Morgan fingerprint density at radius 2 is 2.15 bits per heavy atom. The molecule has 2 aromatic rings. The minimum absolute atomic E-state index is 0.721. The highest BCUT2D eigenvalue weighted by Crippen LogP contribution is 2.26. The monoisotopic (exact) mass is 293 g/mol. The molecule has 3 rings (SSSR count). The first-order chi connectivity index (χ1) is 9.65. The van der Waals surface area contributed by atoms with Crippen LogP contribution in [0.5, 0.6) is 0 Å². The summed E-state index contributed by atoms with van der Waals surface area (Å²) in [7, 11) is 6.35. The minimum atomic E-state index is 0.721. The molecular formula is C14H23N5S. The number of fused-ring (bicyclic) bond motifs is 1. The number of imidazole rings is 1. The number of rotatable bonds is 7. The van der Waals surface area contributed by atoms with Crippen molar-refractivity contribution in [2.75, 3.05) is 39.1 Å². The van der Waals surface area contributed by atoms with Gasteiger partial charge in [-0.1, -0.05) is 0 Å². The van der Waals surface area contributed by atoms with Gasteiger partial charge >= 0.3 is 0 Å². The third-order valence-corrected chi connectivity index (χ3v) is 4.48. The van der Waals surface area contributed by atoms with Crippen molar-refractivity contribution in [2.24, 2.45) is 0 Å². The summed E-state index contributed by atoms with van der Waals surface area (Å²) in [6.07, 6.45) is 4.76. The molecule has 5 nitrogen and oxygen atoms in total. The number of hydrogen-bond donors (Lipinski definition) is 1. The van der Waals surface area contributed by atoms with Crippen molar-refractivity contribution in [1.29, 1.82) is 0 Å². The maximum Gasteiger partial charge on any atom is 0.195 e. The van der Waals surface area contributed by atoms with Gasteiger partial charge in [0.1, 0.15) is 0 Å². The molecule has 0 aromatic carbocycles. The van der Waals surface area contributed by atoms with Gasteiger partial charge in [-0.3, -0.25) is 4.40 Å². The van der Waals surface area contributed by atoms with E-state index in [1.807, 2.05) is 0 Å². The van der Waals surface area contributed by atoms with Gasteiger partial charge in [-0.2, -0.15) is 0 Å². The fraction of sp³-hybridized carbons (Fsp3) is 0.643. The van der Waals surface area contributed by atoms with Gasteiger partial charge in [0.15, 0.2) is 10.8 Å². The first-order valence-corrected chi connectivity index (χ1v) is 8.07. The van der Waals surface area contributed by atoms with E-state index in [4.69, 9.17) is 4.98 Å². The Kier molecular flexibility index (Phi) is 3.96. The summed E-state index contributed by atoms with van der Waals surface area (Å²) in [5, 5.41) is 5.71. The number of nitrogens with zero attached hydrogens (tertiary/aromatic N) is 4. The Balaban J connectivity index is 1.79. The average Bonchev–Trinajstić information content (AvgIpc) is 3.01. The Hall–Kier alpha value is -1.11. The molecular weight excluding hydrogens is 270 g/mol. The smallest absolute Gasteiger partial charge is 0.195 e. The van der Waals surface area contributed by atoms with Crippen molar-refractivity contribution < 1.29 is 0 Å². The van der Waals surface area contributed by atoms with Crippen LogP contribution in [0.3, 0.4) is 0 Å². The van der Waals surface area contributed by atoms with Crippen molar-refractivity contribution in [1.82, 2.24) is 19.6 Å².